The number of hydrogen-bond acceptors (Lipinski definition) is 7. The minimum absolute atomic E-state index is 0.0778. The van der Waals surface area contributed by atoms with Gasteiger partial charge in [-0.3, -0.25) is 0 Å². The highest BCUT2D eigenvalue weighted by Crippen LogP contribution is 2.08. The van der Waals surface area contributed by atoms with Crippen LogP contribution in [-0.4, -0.2) is 41.3 Å². The molecule has 1 atom stereocenters. The highest BCUT2D eigenvalue weighted by Gasteiger charge is 2.06. The van der Waals surface area contributed by atoms with E-state index in [1.54, 1.807) is 0 Å². The van der Waals surface area contributed by atoms with E-state index in [1.807, 2.05) is 13.8 Å². The van der Waals surface area contributed by atoms with Gasteiger partial charge in [-0.25, -0.2) is 0 Å². The fourth-order valence-corrected chi connectivity index (χ4v) is 1.12. The molecule has 0 amide bonds. The summed E-state index contributed by atoms with van der Waals surface area (Å²) in [6.45, 7) is 5.17. The van der Waals surface area contributed by atoms with Crippen molar-refractivity contribution in [3.05, 3.63) is 0 Å². The number of aromatic nitrogens is 3. The Labute approximate surface area is 94.4 Å². The van der Waals surface area contributed by atoms with Crippen molar-refractivity contribution < 1.29 is 9.47 Å². The summed E-state index contributed by atoms with van der Waals surface area (Å²) in [7, 11) is 1.47. The summed E-state index contributed by atoms with van der Waals surface area (Å²) < 4.78 is 10.2. The monoisotopic (exact) mass is 227 g/mol. The van der Waals surface area contributed by atoms with Crippen LogP contribution in [0, 0.1) is 0 Å². The summed E-state index contributed by atoms with van der Waals surface area (Å²) in [5.41, 5.74) is 5.49. The molecule has 16 heavy (non-hydrogen) atoms. The molecule has 0 saturated heterocycles. The number of nitrogens with zero attached hydrogens (tertiary/aromatic N) is 3. The minimum atomic E-state index is 0.0778. The summed E-state index contributed by atoms with van der Waals surface area (Å²) in [6, 6.07) is 0.194. The van der Waals surface area contributed by atoms with Gasteiger partial charge in [0.2, 0.25) is 11.9 Å². The molecule has 1 aromatic heterocycles. The van der Waals surface area contributed by atoms with Crippen LogP contribution < -0.4 is 15.8 Å². The number of ether oxygens (including phenoxy) is 2. The van der Waals surface area contributed by atoms with Crippen molar-refractivity contribution in [3.63, 3.8) is 0 Å². The molecule has 0 aromatic carbocycles. The largest absolute Gasteiger partial charge is 0.467 e. The van der Waals surface area contributed by atoms with Gasteiger partial charge in [0.05, 0.1) is 13.2 Å². The lowest BCUT2D eigenvalue weighted by molar-refractivity contribution is 0.0854. The SMILES string of the molecule is CCOC(C)CNc1nc(N)nc(OC)n1. The van der Waals surface area contributed by atoms with E-state index in [0.717, 1.165) is 0 Å². The fraction of sp³-hybridized carbons (Fsp3) is 0.667. The Hall–Kier alpha value is -1.63. The van der Waals surface area contributed by atoms with Gasteiger partial charge in [0.25, 0.3) is 0 Å². The maximum absolute atomic E-state index is 5.49. The molecule has 1 heterocycles. The number of nitrogen functional groups attached to an aromatic ring is 1. The van der Waals surface area contributed by atoms with Gasteiger partial charge in [0.1, 0.15) is 0 Å². The smallest absolute Gasteiger partial charge is 0.322 e. The van der Waals surface area contributed by atoms with Gasteiger partial charge in [-0.2, -0.15) is 15.0 Å². The van der Waals surface area contributed by atoms with Gasteiger partial charge in [-0.05, 0) is 13.8 Å². The number of hydrogen-bond donors (Lipinski definition) is 2. The molecule has 7 heteroatoms. The normalized spacial score (nSPS) is 12.2. The van der Waals surface area contributed by atoms with Crippen LogP contribution in [-0.2, 0) is 4.74 Å². The maximum atomic E-state index is 5.49. The van der Waals surface area contributed by atoms with Crippen LogP contribution in [0.5, 0.6) is 6.01 Å². The third-order valence-corrected chi connectivity index (χ3v) is 1.81. The lowest BCUT2D eigenvalue weighted by Crippen LogP contribution is -2.21. The fourth-order valence-electron chi connectivity index (χ4n) is 1.12. The molecule has 1 aromatic rings. The first-order valence-electron chi connectivity index (χ1n) is 5.06. The molecule has 0 fully saturated rings. The Balaban J connectivity index is 2.56. The highest BCUT2D eigenvalue weighted by atomic mass is 16.5. The Bertz CT molecular complexity index is 334. The van der Waals surface area contributed by atoms with E-state index < -0.39 is 0 Å². The summed E-state index contributed by atoms with van der Waals surface area (Å²) in [5.74, 6) is 0.509. The second-order valence-corrected chi connectivity index (χ2v) is 3.15. The molecular formula is C9H17N5O2. The Kier molecular flexibility index (Phi) is 4.71. The molecule has 1 rings (SSSR count). The second kappa shape index (κ2) is 6.06. The number of methoxy groups -OCH3 is 1. The molecule has 0 aliphatic heterocycles. The van der Waals surface area contributed by atoms with Crippen molar-refractivity contribution in [2.75, 3.05) is 31.3 Å². The third-order valence-electron chi connectivity index (χ3n) is 1.81. The van der Waals surface area contributed by atoms with E-state index in [1.165, 1.54) is 7.11 Å². The average molecular weight is 227 g/mol. The standard InChI is InChI=1S/C9H17N5O2/c1-4-16-6(2)5-11-8-12-7(10)13-9(14-8)15-3/h6H,4-5H2,1-3H3,(H3,10,11,12,13,14). The maximum Gasteiger partial charge on any atom is 0.322 e. The van der Waals surface area contributed by atoms with Gasteiger partial charge in [0.15, 0.2) is 0 Å². The lowest BCUT2D eigenvalue weighted by Gasteiger charge is -2.12. The van der Waals surface area contributed by atoms with Crippen LogP contribution in [0.4, 0.5) is 11.9 Å². The molecule has 0 radical (unpaired) electrons. The Morgan fingerprint density at radius 2 is 2.12 bits per heavy atom. The van der Waals surface area contributed by atoms with Crippen LogP contribution in [0.25, 0.3) is 0 Å². The molecule has 0 aliphatic rings. The molecular weight excluding hydrogens is 210 g/mol. The van der Waals surface area contributed by atoms with Crippen molar-refractivity contribution in [1.82, 2.24) is 15.0 Å². The minimum Gasteiger partial charge on any atom is -0.467 e. The summed E-state index contributed by atoms with van der Waals surface area (Å²) in [6.07, 6.45) is 0.0778. The average Bonchev–Trinajstić information content (AvgIpc) is 2.26. The first-order valence-corrected chi connectivity index (χ1v) is 5.06. The van der Waals surface area contributed by atoms with Crippen molar-refractivity contribution in [1.29, 1.82) is 0 Å². The summed E-state index contributed by atoms with van der Waals surface area (Å²) in [5, 5.41) is 3.00. The Morgan fingerprint density at radius 3 is 2.75 bits per heavy atom. The van der Waals surface area contributed by atoms with Crippen LogP contribution in [0.3, 0.4) is 0 Å². The van der Waals surface area contributed by atoms with E-state index in [-0.39, 0.29) is 18.1 Å². The number of nitrogens with two attached hydrogens (primary N) is 1. The highest BCUT2D eigenvalue weighted by molar-refractivity contribution is 5.32. The molecule has 0 saturated carbocycles. The van der Waals surface area contributed by atoms with Gasteiger partial charge < -0.3 is 20.5 Å². The predicted octanol–water partition coefficient (Wildman–Crippen LogP) is 0.299. The topological polar surface area (TPSA) is 95.2 Å². The van der Waals surface area contributed by atoms with Gasteiger partial charge in [-0.15, -0.1) is 0 Å². The number of nitrogens with one attached hydrogen (secondary N) is 1. The van der Waals surface area contributed by atoms with E-state index in [2.05, 4.69) is 20.3 Å². The van der Waals surface area contributed by atoms with E-state index in [9.17, 15) is 0 Å². The van der Waals surface area contributed by atoms with Gasteiger partial charge >= 0.3 is 6.01 Å². The molecule has 0 aliphatic carbocycles. The molecule has 0 spiro atoms. The van der Waals surface area contributed by atoms with E-state index in [4.69, 9.17) is 15.2 Å². The molecule has 3 N–H and O–H groups in total. The summed E-state index contributed by atoms with van der Waals surface area (Å²) >= 11 is 0. The quantitative estimate of drug-likeness (QED) is 0.721. The molecule has 7 nitrogen and oxygen atoms in total. The van der Waals surface area contributed by atoms with E-state index in [0.29, 0.717) is 19.1 Å². The first kappa shape index (κ1) is 12.4. The van der Waals surface area contributed by atoms with Crippen LogP contribution in [0.1, 0.15) is 13.8 Å². The van der Waals surface area contributed by atoms with Gasteiger partial charge in [-0.1, -0.05) is 0 Å². The zero-order valence-electron chi connectivity index (χ0n) is 9.73. The number of rotatable bonds is 6. The summed E-state index contributed by atoms with van der Waals surface area (Å²) in [4.78, 5) is 11.7. The van der Waals surface area contributed by atoms with Crippen molar-refractivity contribution >= 4 is 11.9 Å². The van der Waals surface area contributed by atoms with Crippen molar-refractivity contribution in [3.8, 4) is 6.01 Å². The lowest BCUT2D eigenvalue weighted by atomic mass is 10.4. The van der Waals surface area contributed by atoms with Crippen LogP contribution in [0.15, 0.2) is 0 Å². The van der Waals surface area contributed by atoms with Crippen molar-refractivity contribution in [2.24, 2.45) is 0 Å². The number of anilines is 2. The van der Waals surface area contributed by atoms with E-state index >= 15 is 0 Å². The van der Waals surface area contributed by atoms with Crippen molar-refractivity contribution in [2.45, 2.75) is 20.0 Å². The zero-order chi connectivity index (χ0) is 12.0. The predicted molar refractivity (Wildman–Crippen MR) is 60.4 cm³/mol. The van der Waals surface area contributed by atoms with Crippen LogP contribution in [0.2, 0.25) is 0 Å². The molecule has 1 unspecified atom stereocenters. The molecule has 0 bridgehead atoms. The zero-order valence-corrected chi connectivity index (χ0v) is 9.73. The molecule has 90 valence electrons. The second-order valence-electron chi connectivity index (χ2n) is 3.15. The van der Waals surface area contributed by atoms with Gasteiger partial charge in [0, 0.05) is 13.2 Å². The van der Waals surface area contributed by atoms with Crippen LogP contribution >= 0.6 is 0 Å². The third kappa shape index (κ3) is 3.85. The first-order chi connectivity index (χ1) is 7.65. The Morgan fingerprint density at radius 1 is 1.38 bits per heavy atom.